The Labute approximate surface area is 106 Å². The Hall–Kier alpha value is -0.430. The van der Waals surface area contributed by atoms with Crippen LogP contribution in [0.2, 0.25) is 0 Å². The molecule has 6 heteroatoms. The van der Waals surface area contributed by atoms with E-state index in [4.69, 9.17) is 5.73 Å². The molecule has 17 heavy (non-hydrogen) atoms. The number of rotatable bonds is 2. The van der Waals surface area contributed by atoms with E-state index in [9.17, 15) is 8.42 Å². The number of sulfonamides is 1. The van der Waals surface area contributed by atoms with E-state index in [1.165, 1.54) is 15.6 Å². The first-order valence-electron chi connectivity index (χ1n) is 5.85. The quantitative estimate of drug-likeness (QED) is 0.896. The Kier molecular flexibility index (Phi) is 3.87. The van der Waals surface area contributed by atoms with Crippen molar-refractivity contribution in [3.05, 3.63) is 17.0 Å². The molecule has 1 aliphatic heterocycles. The fraction of sp³-hybridized carbons (Fsp3) is 0.636. The topological polar surface area (TPSA) is 63.4 Å². The molecule has 4 nitrogen and oxygen atoms in total. The van der Waals surface area contributed by atoms with Gasteiger partial charge in [-0.15, -0.1) is 11.3 Å². The summed E-state index contributed by atoms with van der Waals surface area (Å²) in [5, 5.41) is 0. The van der Waals surface area contributed by atoms with Crippen LogP contribution in [0, 0.1) is 6.92 Å². The molecule has 0 aromatic carbocycles. The lowest BCUT2D eigenvalue weighted by atomic mass is 10.2. The Morgan fingerprint density at radius 2 is 2.12 bits per heavy atom. The van der Waals surface area contributed by atoms with Crippen LogP contribution < -0.4 is 5.73 Å². The molecule has 0 radical (unpaired) electrons. The Morgan fingerprint density at radius 1 is 1.35 bits per heavy atom. The van der Waals surface area contributed by atoms with Gasteiger partial charge in [-0.1, -0.05) is 12.8 Å². The van der Waals surface area contributed by atoms with E-state index < -0.39 is 10.0 Å². The summed E-state index contributed by atoms with van der Waals surface area (Å²) in [6, 6.07) is 3.51. The molecule has 0 aliphatic carbocycles. The lowest BCUT2D eigenvalue weighted by Crippen LogP contribution is -2.44. The highest BCUT2D eigenvalue weighted by atomic mass is 32.2. The van der Waals surface area contributed by atoms with E-state index in [2.05, 4.69) is 0 Å². The summed E-state index contributed by atoms with van der Waals surface area (Å²) in [6.07, 6.45) is 3.35. The second-order valence-corrected chi connectivity index (χ2v) is 7.80. The third-order valence-electron chi connectivity index (χ3n) is 3.03. The molecule has 1 atom stereocenters. The molecule has 1 fully saturated rings. The highest BCUT2D eigenvalue weighted by Gasteiger charge is 2.31. The van der Waals surface area contributed by atoms with E-state index in [-0.39, 0.29) is 6.17 Å². The average molecular weight is 274 g/mol. The van der Waals surface area contributed by atoms with Crippen LogP contribution in [0.4, 0.5) is 0 Å². The smallest absolute Gasteiger partial charge is 0.253 e. The Bertz CT molecular complexity index is 481. The molecular weight excluding hydrogens is 256 g/mol. The SMILES string of the molecule is Cc1ccc(S(=O)(=O)N2CCCCCC2N)s1. The molecule has 1 saturated heterocycles. The minimum Gasteiger partial charge on any atom is -0.315 e. The van der Waals surface area contributed by atoms with Gasteiger partial charge in [0.25, 0.3) is 10.0 Å². The number of thiophene rings is 1. The van der Waals surface area contributed by atoms with Crippen LogP contribution in [0.1, 0.15) is 30.6 Å². The zero-order valence-corrected chi connectivity index (χ0v) is 11.6. The van der Waals surface area contributed by atoms with E-state index in [1.54, 1.807) is 6.07 Å². The fourth-order valence-corrected chi connectivity index (χ4v) is 5.07. The van der Waals surface area contributed by atoms with Gasteiger partial charge < -0.3 is 5.73 Å². The largest absolute Gasteiger partial charge is 0.315 e. The van der Waals surface area contributed by atoms with E-state index in [0.717, 1.165) is 30.6 Å². The molecule has 0 amide bonds. The molecule has 96 valence electrons. The minimum absolute atomic E-state index is 0.370. The fourth-order valence-electron chi connectivity index (χ4n) is 2.07. The van der Waals surface area contributed by atoms with Crippen LogP contribution in [-0.4, -0.2) is 25.4 Å². The molecule has 2 rings (SSSR count). The van der Waals surface area contributed by atoms with Crippen molar-refractivity contribution in [3.63, 3.8) is 0 Å². The van der Waals surface area contributed by atoms with Crippen molar-refractivity contribution < 1.29 is 8.42 Å². The lowest BCUT2D eigenvalue weighted by molar-refractivity contribution is 0.330. The van der Waals surface area contributed by atoms with Gasteiger partial charge in [0.15, 0.2) is 0 Å². The molecular formula is C11H18N2O2S2. The summed E-state index contributed by atoms with van der Waals surface area (Å²) < 4.78 is 26.7. The lowest BCUT2D eigenvalue weighted by Gasteiger charge is -2.25. The number of nitrogens with two attached hydrogens (primary N) is 1. The molecule has 1 aromatic rings. The van der Waals surface area contributed by atoms with Crippen molar-refractivity contribution in [2.75, 3.05) is 6.54 Å². The van der Waals surface area contributed by atoms with Crippen LogP contribution in [0.25, 0.3) is 0 Å². The number of hydrogen-bond acceptors (Lipinski definition) is 4. The third-order valence-corrected chi connectivity index (χ3v) is 6.42. The molecule has 0 spiro atoms. The molecule has 1 aromatic heterocycles. The standard InChI is InChI=1S/C11H18N2O2S2/c1-9-6-7-11(16-9)17(14,15)13-8-4-2-3-5-10(13)12/h6-7,10H,2-5,8,12H2,1H3. The van der Waals surface area contributed by atoms with Gasteiger partial charge in [0.2, 0.25) is 0 Å². The number of aryl methyl sites for hydroxylation is 1. The van der Waals surface area contributed by atoms with Gasteiger partial charge in [0.1, 0.15) is 4.21 Å². The molecule has 1 unspecified atom stereocenters. The number of hydrogen-bond donors (Lipinski definition) is 1. The zero-order valence-electron chi connectivity index (χ0n) is 9.93. The van der Waals surface area contributed by atoms with E-state index >= 15 is 0 Å². The van der Waals surface area contributed by atoms with Crippen LogP contribution in [0.15, 0.2) is 16.3 Å². The van der Waals surface area contributed by atoms with Crippen molar-refractivity contribution in [2.24, 2.45) is 5.73 Å². The predicted molar refractivity (Wildman–Crippen MR) is 69.4 cm³/mol. The van der Waals surface area contributed by atoms with Gasteiger partial charge in [0.05, 0.1) is 6.17 Å². The molecule has 1 aliphatic rings. The van der Waals surface area contributed by atoms with Gasteiger partial charge in [-0.25, -0.2) is 8.42 Å². The van der Waals surface area contributed by atoms with Crippen molar-refractivity contribution >= 4 is 21.4 Å². The van der Waals surface area contributed by atoms with Gasteiger partial charge in [0, 0.05) is 11.4 Å². The molecule has 2 heterocycles. The van der Waals surface area contributed by atoms with Crippen molar-refractivity contribution in [2.45, 2.75) is 43.0 Å². The van der Waals surface area contributed by atoms with Gasteiger partial charge in [-0.3, -0.25) is 0 Å². The minimum atomic E-state index is -3.39. The summed E-state index contributed by atoms with van der Waals surface area (Å²) in [5.41, 5.74) is 5.96. The third kappa shape index (κ3) is 2.70. The summed E-state index contributed by atoms with van der Waals surface area (Å²) in [4.78, 5) is 1.01. The monoisotopic (exact) mass is 274 g/mol. The maximum Gasteiger partial charge on any atom is 0.253 e. The first-order chi connectivity index (χ1) is 8.01. The summed E-state index contributed by atoms with van der Waals surface area (Å²) in [6.45, 7) is 2.45. The number of nitrogens with zero attached hydrogens (tertiary/aromatic N) is 1. The predicted octanol–water partition coefficient (Wildman–Crippen LogP) is 1.91. The zero-order chi connectivity index (χ0) is 12.5. The molecule has 0 bridgehead atoms. The molecule has 2 N–H and O–H groups in total. The van der Waals surface area contributed by atoms with Crippen LogP contribution >= 0.6 is 11.3 Å². The van der Waals surface area contributed by atoms with Crippen LogP contribution in [-0.2, 0) is 10.0 Å². The first-order valence-corrected chi connectivity index (χ1v) is 8.11. The van der Waals surface area contributed by atoms with E-state index in [1.807, 2.05) is 13.0 Å². The van der Waals surface area contributed by atoms with Crippen LogP contribution in [0.3, 0.4) is 0 Å². The Morgan fingerprint density at radius 3 is 2.76 bits per heavy atom. The summed E-state index contributed by atoms with van der Waals surface area (Å²) >= 11 is 1.31. The second kappa shape index (κ2) is 5.06. The summed E-state index contributed by atoms with van der Waals surface area (Å²) in [7, 11) is -3.39. The second-order valence-electron chi connectivity index (χ2n) is 4.40. The van der Waals surface area contributed by atoms with Crippen LogP contribution in [0.5, 0.6) is 0 Å². The van der Waals surface area contributed by atoms with Gasteiger partial charge in [-0.05, 0) is 31.9 Å². The highest BCUT2D eigenvalue weighted by Crippen LogP contribution is 2.27. The van der Waals surface area contributed by atoms with Gasteiger partial charge >= 0.3 is 0 Å². The summed E-state index contributed by atoms with van der Waals surface area (Å²) in [5.74, 6) is 0. The highest BCUT2D eigenvalue weighted by molar-refractivity contribution is 7.91. The maximum absolute atomic E-state index is 12.4. The van der Waals surface area contributed by atoms with Crippen molar-refractivity contribution in [1.82, 2.24) is 4.31 Å². The van der Waals surface area contributed by atoms with Crippen molar-refractivity contribution in [3.8, 4) is 0 Å². The molecule has 0 saturated carbocycles. The van der Waals surface area contributed by atoms with Gasteiger partial charge in [-0.2, -0.15) is 4.31 Å². The maximum atomic E-state index is 12.4. The normalized spacial score (nSPS) is 23.5. The Balaban J connectivity index is 2.30. The first kappa shape index (κ1) is 13.0. The van der Waals surface area contributed by atoms with Crippen molar-refractivity contribution in [1.29, 1.82) is 0 Å². The van der Waals surface area contributed by atoms with E-state index in [0.29, 0.717) is 10.8 Å². The average Bonchev–Trinajstić information content (AvgIpc) is 2.58.